The molecule has 1 unspecified atom stereocenters. The third-order valence-corrected chi connectivity index (χ3v) is 6.72. The van der Waals surface area contributed by atoms with Gasteiger partial charge in [-0.05, 0) is 79.8 Å². The van der Waals surface area contributed by atoms with E-state index in [1.807, 2.05) is 30.3 Å². The Morgan fingerprint density at radius 1 is 0.944 bits per heavy atom. The van der Waals surface area contributed by atoms with E-state index in [2.05, 4.69) is 22.8 Å². The smallest absolute Gasteiger partial charge is 0.326 e. The van der Waals surface area contributed by atoms with E-state index in [1.165, 1.54) is 24.1 Å². The molecule has 2 aromatic carbocycles. The Kier molecular flexibility index (Phi) is 8.66. The molecule has 4 rings (SSSR count). The molecule has 0 spiro atoms. The number of hydrogen-bond donors (Lipinski definition) is 3. The van der Waals surface area contributed by atoms with Crippen LogP contribution < -0.4 is 10.6 Å². The molecule has 7 heteroatoms. The number of nitrogens with zero attached hydrogens (tertiary/aromatic N) is 1. The van der Waals surface area contributed by atoms with E-state index in [-0.39, 0.29) is 18.9 Å². The molecule has 0 bridgehead atoms. The fourth-order valence-electron chi connectivity index (χ4n) is 4.72. The summed E-state index contributed by atoms with van der Waals surface area (Å²) >= 11 is 0. The maximum atomic E-state index is 12.8. The van der Waals surface area contributed by atoms with E-state index in [0.29, 0.717) is 12.0 Å². The highest BCUT2D eigenvalue weighted by atomic mass is 16.4. The van der Waals surface area contributed by atoms with Crippen molar-refractivity contribution in [1.29, 1.82) is 0 Å². The zero-order valence-corrected chi connectivity index (χ0v) is 20.5. The van der Waals surface area contributed by atoms with Gasteiger partial charge in [0.1, 0.15) is 6.04 Å². The lowest BCUT2D eigenvalue weighted by Crippen LogP contribution is -2.43. The van der Waals surface area contributed by atoms with Crippen LogP contribution in [0.4, 0.5) is 0 Å². The summed E-state index contributed by atoms with van der Waals surface area (Å²) in [5.74, 6) is -1.69. The number of fused-ring (bicyclic) bond motifs is 2. The molecule has 2 amide bonds. The van der Waals surface area contributed by atoms with Crippen molar-refractivity contribution >= 4 is 28.6 Å². The Morgan fingerprint density at radius 3 is 2.61 bits per heavy atom. The lowest BCUT2D eigenvalue weighted by molar-refractivity contribution is -0.139. The number of hydrogen-bond acceptors (Lipinski definition) is 4. The summed E-state index contributed by atoms with van der Waals surface area (Å²) in [6, 6.07) is 16.0. The number of unbranched alkanes of at least 4 members (excludes halogenated alkanes) is 1. The summed E-state index contributed by atoms with van der Waals surface area (Å²) in [5.41, 5.74) is 4.12. The van der Waals surface area contributed by atoms with Crippen LogP contribution in [0.15, 0.2) is 54.6 Å². The molecule has 1 aliphatic rings. The largest absolute Gasteiger partial charge is 0.480 e. The second-order valence-electron chi connectivity index (χ2n) is 9.35. The van der Waals surface area contributed by atoms with Gasteiger partial charge in [0.2, 0.25) is 5.91 Å². The van der Waals surface area contributed by atoms with Crippen molar-refractivity contribution in [3.8, 4) is 0 Å². The number of carbonyl (C=O) groups is 3. The zero-order valence-electron chi connectivity index (χ0n) is 20.5. The second kappa shape index (κ2) is 12.3. The van der Waals surface area contributed by atoms with E-state index in [1.54, 1.807) is 12.1 Å². The Morgan fingerprint density at radius 2 is 1.75 bits per heavy atom. The average molecular weight is 488 g/mol. The van der Waals surface area contributed by atoms with Gasteiger partial charge in [0, 0.05) is 29.9 Å². The van der Waals surface area contributed by atoms with Crippen LogP contribution in [-0.2, 0) is 28.9 Å². The van der Waals surface area contributed by atoms with E-state index in [0.717, 1.165) is 48.6 Å². The fraction of sp³-hybridized carbons (Fsp3) is 0.379. The van der Waals surface area contributed by atoms with Crippen LogP contribution in [0, 0.1) is 0 Å². The lowest BCUT2D eigenvalue weighted by atomic mass is 9.95. The average Bonchev–Trinajstić information content (AvgIpc) is 2.90. The number of aryl methyl sites for hydroxylation is 3. The zero-order chi connectivity index (χ0) is 25.3. The van der Waals surface area contributed by atoms with Crippen LogP contribution in [0.3, 0.4) is 0 Å². The highest BCUT2D eigenvalue weighted by molar-refractivity contribution is 6.07. The number of aromatic nitrogens is 1. The maximum Gasteiger partial charge on any atom is 0.326 e. The summed E-state index contributed by atoms with van der Waals surface area (Å²) in [5, 5.41) is 16.6. The predicted octanol–water partition coefficient (Wildman–Crippen LogP) is 4.22. The molecule has 1 heterocycles. The van der Waals surface area contributed by atoms with Gasteiger partial charge in [0.15, 0.2) is 0 Å². The lowest BCUT2D eigenvalue weighted by Gasteiger charge is -2.16. The standard InChI is InChI=1S/C29H33N3O4/c33-27(15-6-3-11-22-17-16-21-9-2-5-14-25(21)31-22)30-19-18-26(29(35)36)32-28(34)24-13-7-10-20-8-1-4-12-23(20)24/h1,4,7-8,10,12-13,16-17,26H,2-3,5-6,9,11,14-15,18-19H2,(H,30,33)(H,32,34)(H,35,36). The SMILES string of the molecule is O=C(CCCCc1ccc2c(n1)CCCC2)NCCC(NC(=O)c1cccc2ccccc12)C(=O)O. The molecule has 0 saturated carbocycles. The highest BCUT2D eigenvalue weighted by Gasteiger charge is 2.21. The van der Waals surface area contributed by atoms with Crippen molar-refractivity contribution in [3.63, 3.8) is 0 Å². The topological polar surface area (TPSA) is 108 Å². The summed E-state index contributed by atoms with van der Waals surface area (Å²) in [6.07, 6.45) is 7.59. The number of benzene rings is 2. The Labute approximate surface area is 211 Å². The minimum atomic E-state index is -1.13. The molecule has 3 aromatic rings. The van der Waals surface area contributed by atoms with Crippen LogP contribution in [0.25, 0.3) is 10.8 Å². The third kappa shape index (κ3) is 6.68. The Balaban J connectivity index is 1.19. The summed E-state index contributed by atoms with van der Waals surface area (Å²) < 4.78 is 0. The van der Waals surface area contributed by atoms with Crippen LogP contribution in [-0.4, -0.2) is 40.5 Å². The van der Waals surface area contributed by atoms with Crippen LogP contribution >= 0.6 is 0 Å². The van der Waals surface area contributed by atoms with Gasteiger partial charge in [0.05, 0.1) is 0 Å². The van der Waals surface area contributed by atoms with Crippen molar-refractivity contribution < 1.29 is 19.5 Å². The van der Waals surface area contributed by atoms with Gasteiger partial charge in [-0.2, -0.15) is 0 Å². The van der Waals surface area contributed by atoms with Crippen molar-refractivity contribution in [2.75, 3.05) is 6.54 Å². The molecule has 1 aliphatic carbocycles. The van der Waals surface area contributed by atoms with Gasteiger partial charge in [-0.3, -0.25) is 14.6 Å². The molecule has 1 aromatic heterocycles. The molecule has 3 N–H and O–H groups in total. The molecule has 0 saturated heterocycles. The van der Waals surface area contributed by atoms with Crippen LogP contribution in [0.1, 0.15) is 65.8 Å². The fourth-order valence-corrected chi connectivity index (χ4v) is 4.72. The quantitative estimate of drug-likeness (QED) is 0.351. The van der Waals surface area contributed by atoms with Gasteiger partial charge in [0.25, 0.3) is 5.91 Å². The molecule has 36 heavy (non-hydrogen) atoms. The molecule has 7 nitrogen and oxygen atoms in total. The highest BCUT2D eigenvalue weighted by Crippen LogP contribution is 2.20. The first-order chi connectivity index (χ1) is 17.5. The van der Waals surface area contributed by atoms with Gasteiger partial charge in [-0.15, -0.1) is 0 Å². The van der Waals surface area contributed by atoms with E-state index < -0.39 is 17.9 Å². The monoisotopic (exact) mass is 487 g/mol. The summed E-state index contributed by atoms with van der Waals surface area (Å²) in [6.45, 7) is 0.179. The van der Waals surface area contributed by atoms with Gasteiger partial charge in [-0.25, -0.2) is 4.79 Å². The number of pyridine rings is 1. The molecular weight excluding hydrogens is 454 g/mol. The first-order valence-electron chi connectivity index (χ1n) is 12.8. The number of rotatable bonds is 11. The third-order valence-electron chi connectivity index (χ3n) is 6.72. The first kappa shape index (κ1) is 25.4. The number of aliphatic carboxylic acids is 1. The molecule has 0 radical (unpaired) electrons. The normalized spacial score (nSPS) is 13.6. The maximum absolute atomic E-state index is 12.8. The molecule has 188 valence electrons. The number of amides is 2. The summed E-state index contributed by atoms with van der Waals surface area (Å²) in [7, 11) is 0. The van der Waals surface area contributed by atoms with Gasteiger partial charge < -0.3 is 15.7 Å². The van der Waals surface area contributed by atoms with Crippen molar-refractivity contribution in [2.45, 2.75) is 63.8 Å². The van der Waals surface area contributed by atoms with E-state index >= 15 is 0 Å². The van der Waals surface area contributed by atoms with Gasteiger partial charge >= 0.3 is 5.97 Å². The molecule has 1 atom stereocenters. The minimum absolute atomic E-state index is 0.108. The van der Waals surface area contributed by atoms with Crippen LogP contribution in [0.5, 0.6) is 0 Å². The molecule has 0 aliphatic heterocycles. The van der Waals surface area contributed by atoms with E-state index in [4.69, 9.17) is 4.98 Å². The Bertz CT molecular complexity index is 1230. The summed E-state index contributed by atoms with van der Waals surface area (Å²) in [4.78, 5) is 41.5. The van der Waals surface area contributed by atoms with Crippen molar-refractivity contribution in [1.82, 2.24) is 15.6 Å². The van der Waals surface area contributed by atoms with Gasteiger partial charge in [-0.1, -0.05) is 42.5 Å². The number of carboxylic acids is 1. The number of nitrogens with one attached hydrogen (secondary N) is 2. The predicted molar refractivity (Wildman–Crippen MR) is 139 cm³/mol. The van der Waals surface area contributed by atoms with Crippen molar-refractivity contribution in [3.05, 3.63) is 77.1 Å². The second-order valence-corrected chi connectivity index (χ2v) is 9.35. The minimum Gasteiger partial charge on any atom is -0.480 e. The van der Waals surface area contributed by atoms with E-state index in [9.17, 15) is 19.5 Å². The molecular formula is C29H33N3O4. The molecule has 0 fully saturated rings. The van der Waals surface area contributed by atoms with Crippen molar-refractivity contribution in [2.24, 2.45) is 0 Å². The van der Waals surface area contributed by atoms with Crippen LogP contribution in [0.2, 0.25) is 0 Å². The Hall–Kier alpha value is -3.74. The first-order valence-corrected chi connectivity index (χ1v) is 12.8. The number of carbonyl (C=O) groups excluding carboxylic acids is 2. The number of carboxylic acid groups (broad SMARTS) is 1.